The quantitative estimate of drug-likeness (QED) is 0.313. The van der Waals surface area contributed by atoms with Crippen molar-refractivity contribution in [3.8, 4) is 11.8 Å². The van der Waals surface area contributed by atoms with E-state index >= 15 is 0 Å². The van der Waals surface area contributed by atoms with Gasteiger partial charge in [0.25, 0.3) is 0 Å². The van der Waals surface area contributed by atoms with E-state index in [1.54, 1.807) is 4.90 Å². The van der Waals surface area contributed by atoms with Crippen molar-refractivity contribution in [2.45, 2.75) is 31.7 Å². The molecule has 4 heteroatoms. The first kappa shape index (κ1) is 12.1. The molecule has 1 fully saturated rings. The van der Waals surface area contributed by atoms with Crippen molar-refractivity contribution in [2.24, 2.45) is 0 Å². The number of hydrogen-bond acceptors (Lipinski definition) is 2. The van der Waals surface area contributed by atoms with E-state index in [9.17, 15) is 9.59 Å². The highest BCUT2D eigenvalue weighted by molar-refractivity contribution is 6.19. The van der Waals surface area contributed by atoms with Crippen LogP contribution in [0.4, 0.5) is 0 Å². The Balaban J connectivity index is 2.48. The monoisotopic (exact) mass is 227 g/mol. The normalized spacial score (nSPS) is 19.9. The maximum Gasteiger partial charge on any atom is 0.223 e. The summed E-state index contributed by atoms with van der Waals surface area (Å²) in [5.41, 5.74) is 0. The van der Waals surface area contributed by atoms with Crippen LogP contribution in [-0.4, -0.2) is 35.6 Å². The summed E-state index contributed by atoms with van der Waals surface area (Å²) < 4.78 is 0. The molecule has 0 radical (unpaired) electrons. The van der Waals surface area contributed by atoms with Crippen molar-refractivity contribution >= 4 is 23.8 Å². The summed E-state index contributed by atoms with van der Waals surface area (Å²) in [5.74, 6) is 6.19. The van der Waals surface area contributed by atoms with E-state index in [0.29, 0.717) is 31.7 Å². The summed E-state index contributed by atoms with van der Waals surface area (Å²) in [7, 11) is 0. The Hall–Kier alpha value is -1.01. The molecule has 0 saturated carbocycles. The number of hydrogen-bond donors (Lipinski definition) is 0. The highest BCUT2D eigenvalue weighted by Crippen LogP contribution is 2.18. The van der Waals surface area contributed by atoms with E-state index in [1.807, 2.05) is 0 Å². The number of likely N-dealkylation sites (tertiary alicyclic amines) is 1. The van der Waals surface area contributed by atoms with Crippen LogP contribution in [-0.2, 0) is 9.59 Å². The summed E-state index contributed by atoms with van der Waals surface area (Å²) in [6.07, 6.45) is 3.43. The predicted octanol–water partition coefficient (Wildman–Crippen LogP) is 1.20. The third kappa shape index (κ3) is 3.56. The minimum Gasteiger partial charge on any atom is -0.329 e. The molecule has 0 aromatic heterocycles. The molecule has 1 aliphatic rings. The average Bonchev–Trinajstić information content (AvgIpc) is 2.58. The molecule has 1 saturated heterocycles. The molecule has 1 atom stereocenters. The highest BCUT2D eigenvalue weighted by atomic mass is 35.5. The first-order valence-electron chi connectivity index (χ1n) is 5.07. The number of aldehydes is 1. The van der Waals surface area contributed by atoms with Crippen molar-refractivity contribution in [3.63, 3.8) is 0 Å². The smallest absolute Gasteiger partial charge is 0.223 e. The van der Waals surface area contributed by atoms with Crippen LogP contribution in [0.5, 0.6) is 0 Å². The fourth-order valence-electron chi connectivity index (χ4n) is 1.67. The lowest BCUT2D eigenvalue weighted by Crippen LogP contribution is -2.33. The molecule has 0 bridgehead atoms. The molecular formula is C11H14ClNO2. The summed E-state index contributed by atoms with van der Waals surface area (Å²) in [6.45, 7) is 0.624. The number of amides is 1. The van der Waals surface area contributed by atoms with Crippen LogP contribution in [0.2, 0.25) is 0 Å². The standard InChI is InChI=1S/C11H14ClNO2/c12-7-3-4-10-5-6-11(15)13(10)8-1-2-9-14/h9-10H,1-2,5-8H2. The molecule has 1 unspecified atom stereocenters. The lowest BCUT2D eigenvalue weighted by atomic mass is 10.2. The average molecular weight is 228 g/mol. The second-order valence-corrected chi connectivity index (χ2v) is 3.67. The molecule has 0 spiro atoms. The van der Waals surface area contributed by atoms with E-state index in [2.05, 4.69) is 11.8 Å². The van der Waals surface area contributed by atoms with Gasteiger partial charge in [0.05, 0.1) is 11.9 Å². The topological polar surface area (TPSA) is 37.4 Å². The summed E-state index contributed by atoms with van der Waals surface area (Å²) >= 11 is 5.47. The summed E-state index contributed by atoms with van der Waals surface area (Å²) in [4.78, 5) is 23.4. The fourth-order valence-corrected chi connectivity index (χ4v) is 1.74. The van der Waals surface area contributed by atoms with Gasteiger partial charge in [-0.05, 0) is 12.8 Å². The van der Waals surface area contributed by atoms with Crippen LogP contribution in [0.1, 0.15) is 25.7 Å². The second-order valence-electron chi connectivity index (χ2n) is 3.41. The molecule has 1 heterocycles. The maximum absolute atomic E-state index is 11.5. The van der Waals surface area contributed by atoms with Crippen LogP contribution in [0, 0.1) is 11.8 Å². The molecule has 0 aromatic carbocycles. The van der Waals surface area contributed by atoms with Gasteiger partial charge in [-0.15, -0.1) is 11.6 Å². The first-order chi connectivity index (χ1) is 7.29. The van der Waals surface area contributed by atoms with Gasteiger partial charge in [-0.1, -0.05) is 11.8 Å². The van der Waals surface area contributed by atoms with Crippen molar-refractivity contribution in [1.82, 2.24) is 4.90 Å². The van der Waals surface area contributed by atoms with Gasteiger partial charge < -0.3 is 9.69 Å². The zero-order valence-corrected chi connectivity index (χ0v) is 9.29. The minimum atomic E-state index is 0.00269. The van der Waals surface area contributed by atoms with Gasteiger partial charge in [-0.3, -0.25) is 4.79 Å². The number of carbonyl (C=O) groups excluding carboxylic acids is 2. The highest BCUT2D eigenvalue weighted by Gasteiger charge is 2.28. The lowest BCUT2D eigenvalue weighted by Gasteiger charge is -2.20. The van der Waals surface area contributed by atoms with Crippen molar-refractivity contribution in [2.75, 3.05) is 12.4 Å². The van der Waals surface area contributed by atoms with Gasteiger partial charge in [0.2, 0.25) is 5.91 Å². The van der Waals surface area contributed by atoms with Crippen molar-refractivity contribution < 1.29 is 9.59 Å². The Morgan fingerprint density at radius 1 is 1.60 bits per heavy atom. The van der Waals surface area contributed by atoms with Crippen LogP contribution in [0.3, 0.4) is 0 Å². The Morgan fingerprint density at radius 2 is 2.40 bits per heavy atom. The van der Waals surface area contributed by atoms with E-state index in [-0.39, 0.29) is 11.9 Å². The minimum absolute atomic E-state index is 0.00269. The third-order valence-corrected chi connectivity index (χ3v) is 2.52. The fraction of sp³-hybridized carbons (Fsp3) is 0.636. The number of unbranched alkanes of at least 4 members (excludes halogenated alkanes) is 1. The molecule has 1 aliphatic heterocycles. The van der Waals surface area contributed by atoms with E-state index in [1.165, 1.54) is 0 Å². The van der Waals surface area contributed by atoms with E-state index in [4.69, 9.17) is 11.6 Å². The zero-order chi connectivity index (χ0) is 11.1. The Bertz CT molecular complexity index is 293. The molecule has 0 aliphatic carbocycles. The first-order valence-corrected chi connectivity index (χ1v) is 5.60. The second kappa shape index (κ2) is 6.47. The summed E-state index contributed by atoms with van der Waals surface area (Å²) in [5, 5.41) is 0. The molecular weight excluding hydrogens is 214 g/mol. The summed E-state index contributed by atoms with van der Waals surface area (Å²) in [6, 6.07) is 0.00269. The van der Waals surface area contributed by atoms with Crippen LogP contribution < -0.4 is 0 Å². The molecule has 15 heavy (non-hydrogen) atoms. The Labute approximate surface area is 94.8 Å². The molecule has 3 nitrogen and oxygen atoms in total. The van der Waals surface area contributed by atoms with E-state index < -0.39 is 0 Å². The number of alkyl halides is 1. The zero-order valence-electron chi connectivity index (χ0n) is 8.54. The Kier molecular flexibility index (Phi) is 5.20. The van der Waals surface area contributed by atoms with Gasteiger partial charge in [-0.25, -0.2) is 0 Å². The van der Waals surface area contributed by atoms with Gasteiger partial charge in [0.1, 0.15) is 6.29 Å². The number of rotatable bonds is 4. The van der Waals surface area contributed by atoms with E-state index in [0.717, 1.165) is 12.7 Å². The van der Waals surface area contributed by atoms with Crippen molar-refractivity contribution in [1.29, 1.82) is 0 Å². The molecule has 1 amide bonds. The predicted molar refractivity (Wildman–Crippen MR) is 58.5 cm³/mol. The number of nitrogens with zero attached hydrogens (tertiary/aromatic N) is 1. The van der Waals surface area contributed by atoms with Gasteiger partial charge in [-0.2, -0.15) is 0 Å². The molecule has 82 valence electrons. The number of halogens is 1. The largest absolute Gasteiger partial charge is 0.329 e. The third-order valence-electron chi connectivity index (χ3n) is 2.38. The van der Waals surface area contributed by atoms with Gasteiger partial charge in [0, 0.05) is 19.4 Å². The van der Waals surface area contributed by atoms with Crippen molar-refractivity contribution in [3.05, 3.63) is 0 Å². The maximum atomic E-state index is 11.5. The van der Waals surface area contributed by atoms with Crippen LogP contribution in [0.25, 0.3) is 0 Å². The lowest BCUT2D eigenvalue weighted by molar-refractivity contribution is -0.128. The molecule has 1 rings (SSSR count). The van der Waals surface area contributed by atoms with Gasteiger partial charge >= 0.3 is 0 Å². The van der Waals surface area contributed by atoms with Crippen LogP contribution >= 0.6 is 11.6 Å². The molecule has 0 aromatic rings. The Morgan fingerprint density at radius 3 is 3.07 bits per heavy atom. The number of carbonyl (C=O) groups is 2. The SMILES string of the molecule is O=CCCCN1C(=O)CCC1C#CCCl. The molecule has 0 N–H and O–H groups in total. The van der Waals surface area contributed by atoms with Crippen LogP contribution in [0.15, 0.2) is 0 Å². The van der Waals surface area contributed by atoms with Gasteiger partial charge in [0.15, 0.2) is 0 Å².